The van der Waals surface area contributed by atoms with Crippen molar-refractivity contribution in [2.45, 2.75) is 40.2 Å². The first-order chi connectivity index (χ1) is 15.3. The van der Waals surface area contributed by atoms with Crippen molar-refractivity contribution < 1.29 is 4.79 Å². The Morgan fingerprint density at radius 2 is 1.81 bits per heavy atom. The highest BCUT2D eigenvalue weighted by Crippen LogP contribution is 2.21. The molecule has 0 aliphatic rings. The highest BCUT2D eigenvalue weighted by molar-refractivity contribution is 6.07. The van der Waals surface area contributed by atoms with Crippen molar-refractivity contribution in [3.05, 3.63) is 69.1 Å². The van der Waals surface area contributed by atoms with Gasteiger partial charge in [-0.3, -0.25) is 19.1 Å². The molecule has 32 heavy (non-hydrogen) atoms. The summed E-state index contributed by atoms with van der Waals surface area (Å²) in [6, 6.07) is 9.41. The molecule has 0 unspecified atom stereocenters. The monoisotopic (exact) mass is 436 g/mol. The molecule has 0 fully saturated rings. The number of rotatable bonds is 8. The van der Waals surface area contributed by atoms with Crippen molar-refractivity contribution in [2.24, 2.45) is 5.92 Å². The van der Waals surface area contributed by atoms with E-state index in [1.54, 1.807) is 0 Å². The van der Waals surface area contributed by atoms with Crippen LogP contribution in [0.4, 0.5) is 11.5 Å². The number of nitrogen functional groups attached to an aromatic ring is 1. The Balaban J connectivity index is 2.03. The molecule has 0 saturated heterocycles. The average molecular weight is 437 g/mol. The second-order valence-electron chi connectivity index (χ2n) is 7.97. The normalized spacial score (nSPS) is 11.0. The summed E-state index contributed by atoms with van der Waals surface area (Å²) in [5, 5.41) is 0. The first kappa shape index (κ1) is 22.9. The quantitative estimate of drug-likeness (QED) is 0.559. The zero-order valence-electron chi connectivity index (χ0n) is 18.5. The van der Waals surface area contributed by atoms with E-state index in [4.69, 9.17) is 5.73 Å². The molecule has 1 amide bonds. The van der Waals surface area contributed by atoms with E-state index in [1.807, 2.05) is 51.1 Å². The maximum absolute atomic E-state index is 13.4. The maximum Gasteiger partial charge on any atom is 0.330 e. The standard InChI is InChI=1S/C23H28N6O3/c1-4-5-11-28-19(24)18(21(30)27-23(28)32)29(14-15(2)3)22(31)17-12-25-20(26-13-17)16-9-7-6-8-10-16/h6-10,12-13,15H,4-5,11,14,24H2,1-3H3,(H,27,30,32). The van der Waals surface area contributed by atoms with Gasteiger partial charge in [-0.1, -0.05) is 57.5 Å². The third-order valence-corrected chi connectivity index (χ3v) is 4.94. The highest BCUT2D eigenvalue weighted by atomic mass is 16.2. The summed E-state index contributed by atoms with van der Waals surface area (Å²) >= 11 is 0. The molecule has 0 atom stereocenters. The van der Waals surface area contributed by atoms with E-state index in [9.17, 15) is 14.4 Å². The van der Waals surface area contributed by atoms with E-state index in [-0.39, 0.29) is 29.5 Å². The number of anilines is 2. The number of benzene rings is 1. The topological polar surface area (TPSA) is 127 Å². The van der Waals surface area contributed by atoms with Crippen LogP contribution < -0.4 is 21.9 Å². The van der Waals surface area contributed by atoms with Gasteiger partial charge >= 0.3 is 5.69 Å². The van der Waals surface area contributed by atoms with Gasteiger partial charge in [-0.25, -0.2) is 14.8 Å². The predicted molar refractivity (Wildman–Crippen MR) is 125 cm³/mol. The Hall–Kier alpha value is -3.75. The van der Waals surface area contributed by atoms with Crippen LogP contribution in [-0.4, -0.2) is 32.0 Å². The molecule has 0 aliphatic heterocycles. The van der Waals surface area contributed by atoms with Crippen LogP contribution in [0.2, 0.25) is 0 Å². The molecule has 3 rings (SSSR count). The largest absolute Gasteiger partial charge is 0.383 e. The van der Waals surface area contributed by atoms with Crippen LogP contribution in [0.25, 0.3) is 11.4 Å². The van der Waals surface area contributed by atoms with Gasteiger partial charge in [0.1, 0.15) is 5.82 Å². The lowest BCUT2D eigenvalue weighted by molar-refractivity contribution is 0.0982. The minimum Gasteiger partial charge on any atom is -0.383 e. The Bertz CT molecular complexity index is 1180. The minimum absolute atomic E-state index is 0.0250. The van der Waals surface area contributed by atoms with Crippen LogP contribution in [0.1, 0.15) is 44.0 Å². The Labute approximate surface area is 186 Å². The van der Waals surface area contributed by atoms with Crippen molar-refractivity contribution in [1.82, 2.24) is 19.5 Å². The summed E-state index contributed by atoms with van der Waals surface area (Å²) < 4.78 is 1.30. The Morgan fingerprint density at radius 3 is 2.41 bits per heavy atom. The summed E-state index contributed by atoms with van der Waals surface area (Å²) in [6.45, 7) is 6.42. The number of hydrogen-bond acceptors (Lipinski definition) is 6. The van der Waals surface area contributed by atoms with E-state index < -0.39 is 17.2 Å². The number of nitrogens with two attached hydrogens (primary N) is 1. The number of carbonyl (C=O) groups excluding carboxylic acids is 1. The third kappa shape index (κ3) is 4.93. The highest BCUT2D eigenvalue weighted by Gasteiger charge is 2.26. The van der Waals surface area contributed by atoms with E-state index in [2.05, 4.69) is 15.0 Å². The number of nitrogens with zero attached hydrogens (tertiary/aromatic N) is 4. The lowest BCUT2D eigenvalue weighted by Gasteiger charge is -2.26. The van der Waals surface area contributed by atoms with Gasteiger partial charge in [-0.05, 0) is 12.3 Å². The molecule has 9 heteroatoms. The lowest BCUT2D eigenvalue weighted by atomic mass is 10.1. The van der Waals surface area contributed by atoms with Crippen LogP contribution >= 0.6 is 0 Å². The van der Waals surface area contributed by atoms with Gasteiger partial charge in [0.15, 0.2) is 11.5 Å². The fourth-order valence-electron chi connectivity index (χ4n) is 3.35. The molecule has 1 aromatic carbocycles. The second kappa shape index (κ2) is 10.0. The molecule has 0 saturated carbocycles. The van der Waals surface area contributed by atoms with Crippen LogP contribution in [-0.2, 0) is 6.54 Å². The zero-order chi connectivity index (χ0) is 23.3. The van der Waals surface area contributed by atoms with E-state index in [1.165, 1.54) is 21.9 Å². The summed E-state index contributed by atoms with van der Waals surface area (Å²) in [5.74, 6) is 0.0422. The summed E-state index contributed by atoms with van der Waals surface area (Å²) in [7, 11) is 0. The van der Waals surface area contributed by atoms with Gasteiger partial charge in [0, 0.05) is 31.0 Å². The molecular weight excluding hydrogens is 408 g/mol. The van der Waals surface area contributed by atoms with Gasteiger partial charge in [0.05, 0.1) is 5.56 Å². The maximum atomic E-state index is 13.4. The third-order valence-electron chi connectivity index (χ3n) is 4.94. The minimum atomic E-state index is -0.698. The number of aromatic nitrogens is 4. The first-order valence-electron chi connectivity index (χ1n) is 10.6. The number of nitrogens with one attached hydrogen (secondary N) is 1. The van der Waals surface area contributed by atoms with Crippen LogP contribution in [0.5, 0.6) is 0 Å². The molecule has 3 aromatic rings. The number of hydrogen-bond donors (Lipinski definition) is 2. The van der Waals surface area contributed by atoms with Gasteiger partial charge in [-0.15, -0.1) is 0 Å². The lowest BCUT2D eigenvalue weighted by Crippen LogP contribution is -2.42. The number of unbranched alkanes of at least 4 members (excludes halogenated alkanes) is 1. The molecule has 2 aromatic heterocycles. The summed E-state index contributed by atoms with van der Waals surface area (Å²) in [4.78, 5) is 50.6. The molecular formula is C23H28N6O3. The molecule has 3 N–H and O–H groups in total. The second-order valence-corrected chi connectivity index (χ2v) is 7.97. The van der Waals surface area contributed by atoms with Gasteiger partial charge < -0.3 is 10.6 Å². The fourth-order valence-corrected chi connectivity index (χ4v) is 3.35. The summed E-state index contributed by atoms with van der Waals surface area (Å²) in [5.41, 5.74) is 5.96. The number of amides is 1. The van der Waals surface area contributed by atoms with Crippen molar-refractivity contribution in [3.8, 4) is 11.4 Å². The zero-order valence-corrected chi connectivity index (χ0v) is 18.5. The number of aromatic amines is 1. The van der Waals surface area contributed by atoms with E-state index in [0.29, 0.717) is 18.8 Å². The predicted octanol–water partition coefficient (Wildman–Crippen LogP) is 2.68. The molecule has 9 nitrogen and oxygen atoms in total. The fraction of sp³-hybridized carbons (Fsp3) is 0.348. The van der Waals surface area contributed by atoms with Crippen molar-refractivity contribution in [1.29, 1.82) is 0 Å². The Kier molecular flexibility index (Phi) is 7.19. The van der Waals surface area contributed by atoms with Crippen molar-refractivity contribution in [3.63, 3.8) is 0 Å². The SMILES string of the molecule is CCCCn1c(N)c(N(CC(C)C)C(=O)c2cnc(-c3ccccc3)nc2)c(=O)[nH]c1=O. The van der Waals surface area contributed by atoms with Crippen LogP contribution in [0.3, 0.4) is 0 Å². The number of carbonyl (C=O) groups is 1. The van der Waals surface area contributed by atoms with Gasteiger partial charge in [0.2, 0.25) is 0 Å². The van der Waals surface area contributed by atoms with Crippen molar-refractivity contribution >= 4 is 17.4 Å². The Morgan fingerprint density at radius 1 is 1.16 bits per heavy atom. The molecule has 168 valence electrons. The average Bonchev–Trinajstić information content (AvgIpc) is 2.78. The molecule has 0 spiro atoms. The van der Waals surface area contributed by atoms with E-state index in [0.717, 1.165) is 12.0 Å². The first-order valence-corrected chi connectivity index (χ1v) is 10.6. The smallest absolute Gasteiger partial charge is 0.330 e. The summed E-state index contributed by atoms with van der Waals surface area (Å²) in [6.07, 6.45) is 4.42. The molecule has 0 radical (unpaired) electrons. The van der Waals surface area contributed by atoms with Crippen molar-refractivity contribution in [2.75, 3.05) is 17.2 Å². The molecule has 0 bridgehead atoms. The van der Waals surface area contributed by atoms with E-state index >= 15 is 0 Å². The molecule has 0 aliphatic carbocycles. The van der Waals surface area contributed by atoms with Gasteiger partial charge in [0.25, 0.3) is 11.5 Å². The van der Waals surface area contributed by atoms with Crippen LogP contribution in [0, 0.1) is 5.92 Å². The van der Waals surface area contributed by atoms with Gasteiger partial charge in [-0.2, -0.15) is 0 Å². The molecule has 2 heterocycles. The number of H-pyrrole nitrogens is 1. The van der Waals surface area contributed by atoms with Crippen LogP contribution in [0.15, 0.2) is 52.3 Å².